The lowest BCUT2D eigenvalue weighted by Crippen LogP contribution is -2.38. The first-order valence-electron chi connectivity index (χ1n) is 8.22. The zero-order valence-corrected chi connectivity index (χ0v) is 15.8. The third-order valence-electron chi connectivity index (χ3n) is 2.99. The predicted molar refractivity (Wildman–Crippen MR) is 105 cm³/mol. The van der Waals surface area contributed by atoms with Crippen LogP contribution in [0.5, 0.6) is 0 Å². The highest BCUT2D eigenvalue weighted by atomic mass is 32.2. The van der Waals surface area contributed by atoms with E-state index in [1.807, 2.05) is 38.1 Å². The van der Waals surface area contributed by atoms with E-state index in [0.717, 1.165) is 36.1 Å². The first kappa shape index (κ1) is 20.2. The van der Waals surface area contributed by atoms with Crippen molar-refractivity contribution in [2.24, 2.45) is 4.99 Å². The molecule has 0 aromatic heterocycles. The van der Waals surface area contributed by atoms with Gasteiger partial charge in [0.05, 0.1) is 6.54 Å². The van der Waals surface area contributed by atoms with E-state index in [2.05, 4.69) is 39.4 Å². The molecule has 0 unspecified atom stereocenters. The fourth-order valence-corrected chi connectivity index (χ4v) is 2.21. The minimum absolute atomic E-state index is 0.113. The summed E-state index contributed by atoms with van der Waals surface area (Å²) < 4.78 is 0. The predicted octanol–water partition coefficient (Wildman–Crippen LogP) is 2.63. The summed E-state index contributed by atoms with van der Waals surface area (Å²) in [4.78, 5) is 16.2. The third kappa shape index (κ3) is 8.67. The number of rotatable bonds is 8. The van der Waals surface area contributed by atoms with Gasteiger partial charge < -0.3 is 21.3 Å². The summed E-state index contributed by atoms with van der Waals surface area (Å²) in [5.74, 6) is 1.87. The van der Waals surface area contributed by atoms with Gasteiger partial charge in [-0.25, -0.2) is 9.79 Å². The number of anilines is 1. The standard InChI is InChI=1S/C17H29N5OS/c1-5-18-16(19-10-11-24-4)20-12-14-6-8-15(9-7-14)22-17(23)21-13(2)3/h6-9,13H,5,10-12H2,1-4H3,(H2,18,19,20)(H2,21,22,23). The molecule has 0 heterocycles. The molecule has 4 N–H and O–H groups in total. The van der Waals surface area contributed by atoms with Gasteiger partial charge >= 0.3 is 6.03 Å². The molecule has 134 valence electrons. The number of guanidine groups is 1. The van der Waals surface area contributed by atoms with E-state index in [1.54, 1.807) is 11.8 Å². The average molecular weight is 352 g/mol. The third-order valence-corrected chi connectivity index (χ3v) is 3.61. The smallest absolute Gasteiger partial charge is 0.319 e. The van der Waals surface area contributed by atoms with E-state index in [1.165, 1.54) is 0 Å². The Morgan fingerprint density at radius 1 is 1.21 bits per heavy atom. The van der Waals surface area contributed by atoms with Gasteiger partial charge in [0.1, 0.15) is 0 Å². The van der Waals surface area contributed by atoms with Crippen LogP contribution in [0.4, 0.5) is 10.5 Å². The summed E-state index contributed by atoms with van der Waals surface area (Å²) in [6, 6.07) is 7.64. The molecule has 2 amide bonds. The number of urea groups is 1. The molecule has 0 fully saturated rings. The van der Waals surface area contributed by atoms with Crippen LogP contribution in [0.2, 0.25) is 0 Å². The van der Waals surface area contributed by atoms with Crippen LogP contribution in [0.25, 0.3) is 0 Å². The summed E-state index contributed by atoms with van der Waals surface area (Å²) in [5.41, 5.74) is 1.86. The van der Waals surface area contributed by atoms with Gasteiger partial charge in [-0.05, 0) is 44.7 Å². The van der Waals surface area contributed by atoms with E-state index in [-0.39, 0.29) is 12.1 Å². The first-order valence-corrected chi connectivity index (χ1v) is 9.62. The van der Waals surface area contributed by atoms with Crippen LogP contribution in [0.3, 0.4) is 0 Å². The summed E-state index contributed by atoms with van der Waals surface area (Å²) in [6.07, 6.45) is 2.09. The van der Waals surface area contributed by atoms with Crippen LogP contribution in [0, 0.1) is 0 Å². The van der Waals surface area contributed by atoms with Crippen molar-refractivity contribution < 1.29 is 4.79 Å². The molecule has 0 bridgehead atoms. The normalized spacial score (nSPS) is 11.3. The van der Waals surface area contributed by atoms with Gasteiger partial charge in [-0.15, -0.1) is 0 Å². The molecule has 0 radical (unpaired) electrons. The van der Waals surface area contributed by atoms with Gasteiger partial charge in [0.15, 0.2) is 5.96 Å². The van der Waals surface area contributed by atoms with E-state index in [4.69, 9.17) is 0 Å². The first-order chi connectivity index (χ1) is 11.5. The number of benzene rings is 1. The van der Waals surface area contributed by atoms with Crippen LogP contribution in [0.15, 0.2) is 29.3 Å². The van der Waals surface area contributed by atoms with Gasteiger partial charge in [0.2, 0.25) is 0 Å². The quantitative estimate of drug-likeness (QED) is 0.330. The molecule has 0 atom stereocenters. The average Bonchev–Trinajstić information content (AvgIpc) is 2.53. The Bertz CT molecular complexity index is 516. The van der Waals surface area contributed by atoms with Crippen molar-refractivity contribution in [3.8, 4) is 0 Å². The number of amides is 2. The van der Waals surface area contributed by atoms with E-state index < -0.39 is 0 Å². The Morgan fingerprint density at radius 2 is 1.92 bits per heavy atom. The number of hydrogen-bond acceptors (Lipinski definition) is 3. The van der Waals surface area contributed by atoms with Crippen molar-refractivity contribution >= 4 is 29.4 Å². The number of nitrogens with zero attached hydrogens (tertiary/aromatic N) is 1. The van der Waals surface area contributed by atoms with Gasteiger partial charge in [-0.2, -0.15) is 11.8 Å². The highest BCUT2D eigenvalue weighted by Gasteiger charge is 2.03. The van der Waals surface area contributed by atoms with Crippen molar-refractivity contribution in [2.45, 2.75) is 33.4 Å². The van der Waals surface area contributed by atoms with Crippen LogP contribution in [-0.4, -0.2) is 43.1 Å². The van der Waals surface area contributed by atoms with Crippen LogP contribution in [-0.2, 0) is 6.54 Å². The molecule has 7 heteroatoms. The lowest BCUT2D eigenvalue weighted by atomic mass is 10.2. The molecule has 0 saturated heterocycles. The maximum absolute atomic E-state index is 11.7. The van der Waals surface area contributed by atoms with Crippen molar-refractivity contribution in [3.05, 3.63) is 29.8 Å². The van der Waals surface area contributed by atoms with Crippen LogP contribution < -0.4 is 21.3 Å². The van der Waals surface area contributed by atoms with E-state index >= 15 is 0 Å². The highest BCUT2D eigenvalue weighted by molar-refractivity contribution is 7.98. The molecule has 6 nitrogen and oxygen atoms in total. The second-order valence-electron chi connectivity index (χ2n) is 5.56. The number of nitrogens with one attached hydrogen (secondary N) is 4. The molecule has 24 heavy (non-hydrogen) atoms. The molecular formula is C17H29N5OS. The Labute approximate surface area is 149 Å². The molecule has 1 aromatic carbocycles. The molecule has 0 saturated carbocycles. The molecular weight excluding hydrogens is 322 g/mol. The Balaban J connectivity index is 2.54. The maximum atomic E-state index is 11.7. The summed E-state index contributed by atoms with van der Waals surface area (Å²) >= 11 is 1.80. The second kappa shape index (κ2) is 11.6. The molecule has 0 aliphatic rings. The van der Waals surface area contributed by atoms with E-state index in [9.17, 15) is 4.79 Å². The van der Waals surface area contributed by atoms with Crippen LogP contribution in [0.1, 0.15) is 26.3 Å². The highest BCUT2D eigenvalue weighted by Crippen LogP contribution is 2.10. The minimum atomic E-state index is -0.191. The van der Waals surface area contributed by atoms with Crippen molar-refractivity contribution in [3.63, 3.8) is 0 Å². The lowest BCUT2D eigenvalue weighted by Gasteiger charge is -2.11. The molecule has 0 spiro atoms. The fraction of sp³-hybridized carbons (Fsp3) is 0.529. The number of carbonyl (C=O) groups is 1. The Morgan fingerprint density at radius 3 is 2.50 bits per heavy atom. The van der Waals surface area contributed by atoms with Crippen molar-refractivity contribution in [1.82, 2.24) is 16.0 Å². The zero-order valence-electron chi connectivity index (χ0n) is 15.0. The number of aliphatic imine (C=N–C) groups is 1. The molecule has 0 aliphatic heterocycles. The van der Waals surface area contributed by atoms with Crippen molar-refractivity contribution in [2.75, 3.05) is 30.4 Å². The second-order valence-corrected chi connectivity index (χ2v) is 6.55. The van der Waals surface area contributed by atoms with Gasteiger partial charge in [-0.1, -0.05) is 12.1 Å². The Hall–Kier alpha value is -1.89. The molecule has 1 rings (SSSR count). The summed E-state index contributed by atoms with van der Waals surface area (Å²) in [7, 11) is 0. The number of carbonyl (C=O) groups excluding carboxylic acids is 1. The van der Waals surface area contributed by atoms with Gasteiger partial charge in [0.25, 0.3) is 0 Å². The molecule has 0 aliphatic carbocycles. The summed E-state index contributed by atoms with van der Waals surface area (Å²) in [5, 5.41) is 12.1. The monoisotopic (exact) mass is 351 g/mol. The topological polar surface area (TPSA) is 77.5 Å². The number of hydrogen-bond donors (Lipinski definition) is 4. The zero-order chi connectivity index (χ0) is 17.8. The minimum Gasteiger partial charge on any atom is -0.357 e. The van der Waals surface area contributed by atoms with Gasteiger partial charge in [0, 0.05) is 30.6 Å². The fourth-order valence-electron chi connectivity index (χ4n) is 1.91. The largest absolute Gasteiger partial charge is 0.357 e. The van der Waals surface area contributed by atoms with Gasteiger partial charge in [-0.3, -0.25) is 0 Å². The van der Waals surface area contributed by atoms with Crippen LogP contribution >= 0.6 is 11.8 Å². The molecule has 1 aromatic rings. The Kier molecular flexibility index (Phi) is 9.76. The van der Waals surface area contributed by atoms with Crippen molar-refractivity contribution in [1.29, 1.82) is 0 Å². The maximum Gasteiger partial charge on any atom is 0.319 e. The lowest BCUT2D eigenvalue weighted by molar-refractivity contribution is 0.250. The summed E-state index contributed by atoms with van der Waals surface area (Å²) in [6.45, 7) is 8.22. The SMILES string of the molecule is CCNC(=NCc1ccc(NC(=O)NC(C)C)cc1)NCCSC. The van der Waals surface area contributed by atoms with E-state index in [0.29, 0.717) is 6.54 Å². The number of thioether (sulfide) groups is 1.